The Balaban J connectivity index is 0.000000199. The normalized spacial score (nSPS) is 11.3. The van der Waals surface area contributed by atoms with Gasteiger partial charge >= 0.3 is 0 Å². The summed E-state index contributed by atoms with van der Waals surface area (Å²) in [6.45, 7) is 5.79. The van der Waals surface area contributed by atoms with Gasteiger partial charge in [-0.25, -0.2) is 19.9 Å². The van der Waals surface area contributed by atoms with E-state index in [0.29, 0.717) is 19.6 Å². The van der Waals surface area contributed by atoms with Crippen molar-refractivity contribution in [3.63, 3.8) is 0 Å². The number of amides is 2. The zero-order valence-corrected chi connectivity index (χ0v) is 43.1. The van der Waals surface area contributed by atoms with Gasteiger partial charge in [-0.3, -0.25) is 9.59 Å². The molecule has 6 N–H and O–H groups in total. The van der Waals surface area contributed by atoms with Gasteiger partial charge in [-0.05, 0) is 84.0 Å². The number of rotatable bonds is 20. The summed E-state index contributed by atoms with van der Waals surface area (Å²) >= 11 is 10.1. The van der Waals surface area contributed by atoms with Gasteiger partial charge in [0.2, 0.25) is 11.8 Å². The van der Waals surface area contributed by atoms with Crippen LogP contribution in [-0.4, -0.2) is 82.5 Å². The van der Waals surface area contributed by atoms with E-state index in [-0.39, 0.29) is 18.4 Å². The maximum Gasteiger partial charge on any atom is 0.246 e. The number of nitrogens with one attached hydrogen (secondary N) is 2. The standard InChI is InChI=1S/C25H29N5OS3.C24H26N4O2S3/c1-4-5-11-33-25-22(26)21-18(13-19(29-24(21)34-25)23-27-10-12-32-23)17-8-6-16(7-9-17)14-28-20(31)15-30(2)3;1-3-4-10-32-24-21(25)20-17(12-18(28-23(20)33-24)22-26-9-11-31-22)16-7-5-15(6-8-16)13-27-19(29)14-30-2/h6-10,12-13H,4-5,11,14-15,26H2,1-3H3,(H,28,31);5-9,11-12H,3-4,10,13-14,25H2,1-2H3,(H,27,29). The van der Waals surface area contributed by atoms with Crippen molar-refractivity contribution < 1.29 is 14.3 Å². The van der Waals surface area contributed by atoms with E-state index in [2.05, 4.69) is 83.0 Å². The lowest BCUT2D eigenvalue weighted by molar-refractivity contribution is -0.125. The summed E-state index contributed by atoms with van der Waals surface area (Å²) in [6, 6.07) is 20.7. The fourth-order valence-corrected chi connectivity index (χ4v) is 13.0. The molecule has 6 aromatic heterocycles. The van der Waals surface area contributed by atoms with Crippen molar-refractivity contribution in [2.45, 2.75) is 61.0 Å². The Hall–Kier alpha value is -4.92. The number of hydrogen-bond donors (Lipinski definition) is 4. The summed E-state index contributed by atoms with van der Waals surface area (Å²) in [5.74, 6) is 1.98. The molecular formula is C49H55N9O3S6. The fraction of sp³-hybridized carbons (Fsp3) is 0.306. The van der Waals surface area contributed by atoms with Gasteiger partial charge < -0.3 is 31.7 Å². The van der Waals surface area contributed by atoms with E-state index in [1.807, 2.05) is 65.4 Å². The quantitative estimate of drug-likeness (QED) is 0.0421. The van der Waals surface area contributed by atoms with Crippen molar-refractivity contribution >= 4 is 112 Å². The molecule has 8 rings (SSSR count). The monoisotopic (exact) mass is 1010 g/mol. The molecule has 0 atom stereocenters. The van der Waals surface area contributed by atoms with Gasteiger partial charge in [0.05, 0.1) is 26.3 Å². The van der Waals surface area contributed by atoms with Crippen molar-refractivity contribution in [3.05, 3.63) is 94.9 Å². The molecule has 0 fully saturated rings. The molecule has 8 aromatic rings. The lowest BCUT2D eigenvalue weighted by Crippen LogP contribution is -2.32. The first-order valence-corrected chi connectivity index (χ1v) is 27.3. The minimum absolute atomic E-state index is 0.0113. The van der Waals surface area contributed by atoms with Crippen LogP contribution in [0.2, 0.25) is 0 Å². The number of nitrogen functional groups attached to an aromatic ring is 2. The Morgan fingerprint density at radius 1 is 0.687 bits per heavy atom. The third-order valence-corrected chi connectivity index (χ3v) is 16.9. The molecular weight excluding hydrogens is 955 g/mol. The lowest BCUT2D eigenvalue weighted by atomic mass is 10.0. The first-order valence-electron chi connectivity index (χ1n) is 21.9. The number of anilines is 2. The van der Waals surface area contributed by atoms with Gasteiger partial charge in [-0.2, -0.15) is 0 Å². The molecule has 67 heavy (non-hydrogen) atoms. The summed E-state index contributed by atoms with van der Waals surface area (Å²) in [6.07, 6.45) is 8.25. The fourth-order valence-electron chi connectivity index (χ4n) is 6.94. The molecule has 12 nitrogen and oxygen atoms in total. The second kappa shape index (κ2) is 24.4. The van der Waals surface area contributed by atoms with Crippen LogP contribution in [0.15, 0.2) is 92.2 Å². The number of thiophene rings is 2. The van der Waals surface area contributed by atoms with Gasteiger partial charge in [-0.1, -0.05) is 75.2 Å². The number of ether oxygens (including phenoxy) is 1. The van der Waals surface area contributed by atoms with E-state index in [9.17, 15) is 9.59 Å². The van der Waals surface area contributed by atoms with Crippen LogP contribution >= 0.6 is 68.9 Å². The molecule has 6 heterocycles. The lowest BCUT2D eigenvalue weighted by Gasteiger charge is -2.11. The van der Waals surface area contributed by atoms with Crippen LogP contribution in [0, 0.1) is 0 Å². The van der Waals surface area contributed by atoms with Crippen molar-refractivity contribution in [1.82, 2.24) is 35.5 Å². The summed E-state index contributed by atoms with van der Waals surface area (Å²) in [4.78, 5) is 46.1. The Labute approximate surface area is 416 Å². The summed E-state index contributed by atoms with van der Waals surface area (Å²) in [5, 5.41) is 13.5. The SMILES string of the molecule is CCCCSc1sc2nc(-c3nccs3)cc(-c3ccc(CNC(=O)CN(C)C)cc3)c2c1N.CCCCSc1sc2nc(-c3nccs3)cc(-c3ccc(CNC(=O)COC)cc3)c2c1N. The van der Waals surface area contributed by atoms with E-state index in [1.165, 1.54) is 7.11 Å². The maximum atomic E-state index is 12.0. The van der Waals surface area contributed by atoms with Crippen LogP contribution in [0.1, 0.15) is 50.7 Å². The Morgan fingerprint density at radius 2 is 1.13 bits per heavy atom. The molecule has 0 spiro atoms. The number of unbranched alkanes of at least 4 members (excludes halogenated alkanes) is 2. The highest BCUT2D eigenvalue weighted by Crippen LogP contribution is 2.47. The minimum Gasteiger partial charge on any atom is -0.397 e. The molecule has 2 amide bonds. The number of thioether (sulfide) groups is 2. The molecule has 0 aliphatic heterocycles. The second-order valence-corrected chi connectivity index (χ2v) is 22.3. The van der Waals surface area contributed by atoms with Gasteiger partial charge in [0.1, 0.15) is 37.7 Å². The predicted molar refractivity (Wildman–Crippen MR) is 287 cm³/mol. The van der Waals surface area contributed by atoms with Gasteiger partial charge in [-0.15, -0.1) is 68.9 Å². The number of likely N-dealkylation sites (N-methyl/N-ethyl adjacent to an activating group) is 1. The number of nitrogens with zero attached hydrogens (tertiary/aromatic N) is 5. The van der Waals surface area contributed by atoms with Crippen molar-refractivity contribution in [2.24, 2.45) is 0 Å². The smallest absolute Gasteiger partial charge is 0.246 e. The van der Waals surface area contributed by atoms with Gasteiger partial charge in [0, 0.05) is 54.1 Å². The molecule has 0 saturated carbocycles. The first kappa shape index (κ1) is 50.0. The zero-order chi connectivity index (χ0) is 47.3. The number of carbonyl (C=O) groups excluding carboxylic acids is 2. The molecule has 0 aliphatic carbocycles. The van der Waals surface area contributed by atoms with Gasteiger partial charge in [0.15, 0.2) is 0 Å². The van der Waals surface area contributed by atoms with Crippen molar-refractivity contribution in [2.75, 3.05) is 57.3 Å². The van der Waals surface area contributed by atoms with E-state index < -0.39 is 0 Å². The molecule has 0 unspecified atom stereocenters. The van der Waals surface area contributed by atoms with E-state index in [4.69, 9.17) is 26.2 Å². The largest absolute Gasteiger partial charge is 0.397 e. The third-order valence-electron chi connectivity index (χ3n) is 10.3. The number of nitrogens with two attached hydrogens (primary N) is 2. The Bertz CT molecular complexity index is 2860. The minimum atomic E-state index is -0.135. The number of hydrogen-bond acceptors (Lipinski definition) is 16. The number of pyridine rings is 2. The molecule has 18 heteroatoms. The molecule has 0 aliphatic rings. The molecule has 2 aromatic carbocycles. The van der Waals surface area contributed by atoms with Crippen LogP contribution in [-0.2, 0) is 27.4 Å². The number of benzene rings is 2. The van der Waals surface area contributed by atoms with E-state index in [0.717, 1.165) is 132 Å². The molecule has 0 radical (unpaired) electrons. The van der Waals surface area contributed by atoms with Crippen molar-refractivity contribution in [3.8, 4) is 43.7 Å². The van der Waals surface area contributed by atoms with Crippen LogP contribution in [0.4, 0.5) is 11.4 Å². The van der Waals surface area contributed by atoms with Crippen molar-refractivity contribution in [1.29, 1.82) is 0 Å². The Morgan fingerprint density at radius 3 is 1.52 bits per heavy atom. The number of methoxy groups -OCH3 is 1. The van der Waals surface area contributed by atoms with E-state index >= 15 is 0 Å². The van der Waals surface area contributed by atoms with Crippen LogP contribution < -0.4 is 22.1 Å². The number of fused-ring (bicyclic) bond motifs is 2. The average Bonchev–Trinajstić information content (AvgIpc) is 4.17. The summed E-state index contributed by atoms with van der Waals surface area (Å²) in [7, 11) is 5.27. The Kier molecular flexibility index (Phi) is 18.2. The van der Waals surface area contributed by atoms with E-state index in [1.54, 1.807) is 57.7 Å². The average molecular weight is 1010 g/mol. The maximum absolute atomic E-state index is 12.0. The zero-order valence-electron chi connectivity index (χ0n) is 38.2. The molecule has 0 saturated heterocycles. The molecule has 350 valence electrons. The predicted octanol–water partition coefficient (Wildman–Crippen LogP) is 11.6. The number of thiazole rings is 2. The highest BCUT2D eigenvalue weighted by atomic mass is 32.2. The number of carbonyl (C=O) groups is 2. The second-order valence-electron chi connectivity index (χ2n) is 15.8. The van der Waals surface area contributed by atoms with Crippen LogP contribution in [0.3, 0.4) is 0 Å². The highest BCUT2D eigenvalue weighted by molar-refractivity contribution is 8.01. The number of aromatic nitrogens is 4. The van der Waals surface area contributed by atoms with Crippen LogP contribution in [0.5, 0.6) is 0 Å². The summed E-state index contributed by atoms with van der Waals surface area (Å²) in [5.41, 5.74) is 23.0. The third kappa shape index (κ3) is 13.0. The highest BCUT2D eigenvalue weighted by Gasteiger charge is 2.21. The first-order chi connectivity index (χ1) is 32.6. The topological polar surface area (TPSA) is 174 Å². The molecule has 0 bridgehead atoms. The van der Waals surface area contributed by atoms with Gasteiger partial charge in [0.25, 0.3) is 0 Å². The summed E-state index contributed by atoms with van der Waals surface area (Å²) < 4.78 is 7.12. The van der Waals surface area contributed by atoms with Crippen LogP contribution in [0.25, 0.3) is 64.1 Å².